The maximum atomic E-state index is 12.0. The lowest BCUT2D eigenvalue weighted by Gasteiger charge is -2.35. The van der Waals surface area contributed by atoms with Gasteiger partial charge in [0.25, 0.3) is 0 Å². The molecule has 2 rings (SSSR count). The zero-order valence-corrected chi connectivity index (χ0v) is 12.8. The van der Waals surface area contributed by atoms with Gasteiger partial charge in [-0.3, -0.25) is 4.39 Å². The van der Waals surface area contributed by atoms with E-state index in [0.717, 1.165) is 50.4 Å². The van der Waals surface area contributed by atoms with E-state index in [9.17, 15) is 9.50 Å². The van der Waals surface area contributed by atoms with Crippen molar-refractivity contribution in [3.05, 3.63) is 11.6 Å². The van der Waals surface area contributed by atoms with Gasteiger partial charge in [0.05, 0.1) is 12.8 Å². The summed E-state index contributed by atoms with van der Waals surface area (Å²) >= 11 is 0. The van der Waals surface area contributed by atoms with Gasteiger partial charge in [-0.15, -0.1) is 0 Å². The first kappa shape index (κ1) is 16.0. The van der Waals surface area contributed by atoms with Crippen LogP contribution in [-0.4, -0.2) is 17.9 Å². The van der Waals surface area contributed by atoms with Crippen molar-refractivity contribution in [1.29, 1.82) is 0 Å². The van der Waals surface area contributed by atoms with Gasteiger partial charge in [-0.2, -0.15) is 0 Å². The molecule has 0 bridgehead atoms. The number of unbranched alkanes of at least 4 members (excludes halogenated alkanes) is 3. The second kappa shape index (κ2) is 8.81. The first-order valence-corrected chi connectivity index (χ1v) is 8.71. The van der Waals surface area contributed by atoms with E-state index in [1.165, 1.54) is 38.5 Å². The van der Waals surface area contributed by atoms with Crippen molar-refractivity contribution >= 4 is 0 Å². The predicted molar refractivity (Wildman–Crippen MR) is 82.4 cm³/mol. The molecular formula is C18H31FO. The van der Waals surface area contributed by atoms with Crippen molar-refractivity contribution in [1.82, 2.24) is 0 Å². The first-order chi connectivity index (χ1) is 9.79. The van der Waals surface area contributed by atoms with Gasteiger partial charge in [-0.05, 0) is 82.5 Å². The number of alkyl halides is 1. The third-order valence-corrected chi connectivity index (χ3v) is 5.35. The fraction of sp³-hybridized carbons (Fsp3) is 0.889. The molecule has 0 atom stereocenters. The number of allylic oxidation sites excluding steroid dienone is 2. The van der Waals surface area contributed by atoms with Crippen molar-refractivity contribution in [2.45, 2.75) is 83.2 Å². The van der Waals surface area contributed by atoms with Gasteiger partial charge in [0, 0.05) is 0 Å². The van der Waals surface area contributed by atoms with Gasteiger partial charge in [0.15, 0.2) is 0 Å². The maximum Gasteiger partial charge on any atom is 0.0894 e. The highest BCUT2D eigenvalue weighted by Crippen LogP contribution is 2.39. The molecule has 1 N–H and O–H groups in total. The van der Waals surface area contributed by atoms with Crippen LogP contribution in [0, 0.1) is 11.8 Å². The molecule has 2 saturated carbocycles. The van der Waals surface area contributed by atoms with E-state index in [-0.39, 0.29) is 12.8 Å². The summed E-state index contributed by atoms with van der Waals surface area (Å²) in [6.45, 7) is -0.158. The Labute approximate surface area is 123 Å². The van der Waals surface area contributed by atoms with E-state index >= 15 is 0 Å². The van der Waals surface area contributed by atoms with E-state index in [2.05, 4.69) is 6.08 Å². The minimum absolute atomic E-state index is 0.0189. The Bertz CT molecular complexity index is 282. The zero-order chi connectivity index (χ0) is 14.2. The van der Waals surface area contributed by atoms with Crippen molar-refractivity contribution in [2.75, 3.05) is 6.67 Å². The highest BCUT2D eigenvalue weighted by atomic mass is 19.1. The standard InChI is InChI=1S/C18H31FO/c19-14-4-2-1-3-5-15-6-8-16(9-7-15)17-10-12-18(20)13-11-17/h5,16-18,20H,1-4,6-14H2. The van der Waals surface area contributed by atoms with Gasteiger partial charge in [-0.25, -0.2) is 0 Å². The average Bonchev–Trinajstić information content (AvgIpc) is 2.49. The van der Waals surface area contributed by atoms with Crippen LogP contribution in [0.15, 0.2) is 11.6 Å². The van der Waals surface area contributed by atoms with Crippen LogP contribution in [-0.2, 0) is 0 Å². The molecule has 0 saturated heterocycles. The number of hydrogen-bond donors (Lipinski definition) is 1. The molecule has 0 aromatic carbocycles. The van der Waals surface area contributed by atoms with Crippen LogP contribution in [0.4, 0.5) is 4.39 Å². The van der Waals surface area contributed by atoms with Gasteiger partial charge in [0.2, 0.25) is 0 Å². The van der Waals surface area contributed by atoms with Crippen LogP contribution in [0.25, 0.3) is 0 Å². The lowest BCUT2D eigenvalue weighted by Crippen LogP contribution is -2.25. The average molecular weight is 282 g/mol. The fourth-order valence-corrected chi connectivity index (χ4v) is 3.98. The Morgan fingerprint density at radius 1 is 0.900 bits per heavy atom. The smallest absolute Gasteiger partial charge is 0.0894 e. The zero-order valence-electron chi connectivity index (χ0n) is 12.8. The molecule has 0 unspecified atom stereocenters. The van der Waals surface area contributed by atoms with E-state index in [1.807, 2.05) is 0 Å². The molecule has 0 radical (unpaired) electrons. The highest BCUT2D eigenvalue weighted by Gasteiger charge is 2.28. The van der Waals surface area contributed by atoms with E-state index in [1.54, 1.807) is 5.57 Å². The van der Waals surface area contributed by atoms with Crippen LogP contribution < -0.4 is 0 Å². The number of aliphatic hydroxyl groups is 1. The summed E-state index contributed by atoms with van der Waals surface area (Å²) in [7, 11) is 0. The molecule has 0 aromatic heterocycles. The normalized spacial score (nSPS) is 31.3. The second-order valence-corrected chi connectivity index (χ2v) is 6.81. The molecule has 2 fully saturated rings. The molecular weight excluding hydrogens is 251 g/mol. The Kier molecular flexibility index (Phi) is 7.06. The summed E-state index contributed by atoms with van der Waals surface area (Å²) in [4.78, 5) is 0. The third-order valence-electron chi connectivity index (χ3n) is 5.35. The molecule has 2 heteroatoms. The topological polar surface area (TPSA) is 20.2 Å². The number of aliphatic hydroxyl groups excluding tert-OH is 1. The maximum absolute atomic E-state index is 12.0. The van der Waals surface area contributed by atoms with E-state index in [0.29, 0.717) is 0 Å². The summed E-state index contributed by atoms with van der Waals surface area (Å²) in [5.41, 5.74) is 1.65. The molecule has 0 aliphatic heterocycles. The monoisotopic (exact) mass is 282 g/mol. The summed E-state index contributed by atoms with van der Waals surface area (Å²) in [5.74, 6) is 1.79. The molecule has 0 amide bonds. The number of halogens is 1. The van der Waals surface area contributed by atoms with Crippen LogP contribution in [0.3, 0.4) is 0 Å². The third kappa shape index (κ3) is 5.20. The molecule has 0 heterocycles. The number of hydrogen-bond acceptors (Lipinski definition) is 1. The second-order valence-electron chi connectivity index (χ2n) is 6.81. The van der Waals surface area contributed by atoms with Crippen molar-refractivity contribution < 1.29 is 9.50 Å². The minimum atomic E-state index is -0.158. The SMILES string of the molecule is OC1CCC(C2CCC(=CCCCCCF)CC2)CC1. The molecule has 116 valence electrons. The fourth-order valence-electron chi connectivity index (χ4n) is 3.98. The van der Waals surface area contributed by atoms with Crippen molar-refractivity contribution in [3.8, 4) is 0 Å². The summed E-state index contributed by atoms with van der Waals surface area (Å²) < 4.78 is 12.0. The van der Waals surface area contributed by atoms with Crippen molar-refractivity contribution in [2.24, 2.45) is 11.8 Å². The van der Waals surface area contributed by atoms with Crippen LogP contribution in [0.5, 0.6) is 0 Å². The summed E-state index contributed by atoms with van der Waals surface area (Å²) in [6.07, 6.45) is 16.3. The molecule has 0 spiro atoms. The van der Waals surface area contributed by atoms with Gasteiger partial charge >= 0.3 is 0 Å². The van der Waals surface area contributed by atoms with Gasteiger partial charge in [0.1, 0.15) is 0 Å². The molecule has 1 nitrogen and oxygen atoms in total. The van der Waals surface area contributed by atoms with E-state index < -0.39 is 0 Å². The Morgan fingerprint density at radius 2 is 1.55 bits per heavy atom. The Hall–Kier alpha value is -0.370. The minimum Gasteiger partial charge on any atom is -0.393 e. The van der Waals surface area contributed by atoms with Crippen molar-refractivity contribution in [3.63, 3.8) is 0 Å². The highest BCUT2D eigenvalue weighted by molar-refractivity contribution is 5.05. The van der Waals surface area contributed by atoms with Crippen LogP contribution in [0.2, 0.25) is 0 Å². The van der Waals surface area contributed by atoms with Gasteiger partial charge < -0.3 is 5.11 Å². The lowest BCUT2D eigenvalue weighted by atomic mass is 9.72. The summed E-state index contributed by atoms with van der Waals surface area (Å²) in [6, 6.07) is 0. The quantitative estimate of drug-likeness (QED) is 0.525. The molecule has 2 aliphatic carbocycles. The predicted octanol–water partition coefficient (Wildman–Crippen LogP) is 5.18. The van der Waals surface area contributed by atoms with Crippen LogP contribution >= 0.6 is 0 Å². The van der Waals surface area contributed by atoms with Gasteiger partial charge in [-0.1, -0.05) is 18.1 Å². The summed E-state index contributed by atoms with van der Waals surface area (Å²) in [5, 5.41) is 9.59. The van der Waals surface area contributed by atoms with E-state index in [4.69, 9.17) is 0 Å². The Morgan fingerprint density at radius 3 is 2.20 bits per heavy atom. The molecule has 2 aliphatic rings. The van der Waals surface area contributed by atoms with Crippen LogP contribution in [0.1, 0.15) is 77.0 Å². The molecule has 20 heavy (non-hydrogen) atoms. The number of rotatable bonds is 6. The largest absolute Gasteiger partial charge is 0.393 e. The Balaban J connectivity index is 1.63. The first-order valence-electron chi connectivity index (χ1n) is 8.71. The lowest BCUT2D eigenvalue weighted by molar-refractivity contribution is 0.0849. The molecule has 0 aromatic rings.